The van der Waals surface area contributed by atoms with Crippen molar-refractivity contribution in [3.05, 3.63) is 35.8 Å². The van der Waals surface area contributed by atoms with E-state index in [1.165, 1.54) is 6.07 Å². The summed E-state index contributed by atoms with van der Waals surface area (Å²) in [7, 11) is 0. The molecule has 0 aliphatic heterocycles. The van der Waals surface area contributed by atoms with Crippen LogP contribution in [0.3, 0.4) is 0 Å². The molecule has 82 valence electrons. The number of nitrogens with one attached hydrogen (secondary N) is 1. The second-order valence-electron chi connectivity index (χ2n) is 3.35. The normalized spacial score (nSPS) is 10.1. The number of rotatable bonds is 2. The highest BCUT2D eigenvalue weighted by molar-refractivity contribution is 5.79. The molecule has 0 aliphatic rings. The second-order valence-corrected chi connectivity index (χ2v) is 3.35. The smallest absolute Gasteiger partial charge is 0.178 e. The number of halogens is 1. The van der Waals surface area contributed by atoms with Crippen molar-refractivity contribution in [1.29, 1.82) is 0 Å². The van der Waals surface area contributed by atoms with E-state index in [0.29, 0.717) is 12.3 Å². The zero-order chi connectivity index (χ0) is 11.4. The van der Waals surface area contributed by atoms with Gasteiger partial charge in [0.2, 0.25) is 0 Å². The van der Waals surface area contributed by atoms with Gasteiger partial charge in [-0.2, -0.15) is 0 Å². The SMILES string of the molecule is CCNCC#Cc1cc2cccc(F)c2o1. The zero-order valence-electron chi connectivity index (χ0n) is 9.01. The number of benzene rings is 1. The zero-order valence-corrected chi connectivity index (χ0v) is 9.01. The highest BCUT2D eigenvalue weighted by Gasteiger charge is 2.05. The van der Waals surface area contributed by atoms with E-state index in [1.807, 2.05) is 6.92 Å². The van der Waals surface area contributed by atoms with Gasteiger partial charge in [0.25, 0.3) is 0 Å². The predicted molar refractivity (Wildman–Crippen MR) is 61.6 cm³/mol. The summed E-state index contributed by atoms with van der Waals surface area (Å²) in [5.74, 6) is 5.90. The molecule has 0 unspecified atom stereocenters. The molecule has 0 atom stereocenters. The van der Waals surface area contributed by atoms with E-state index < -0.39 is 0 Å². The number of furan rings is 1. The van der Waals surface area contributed by atoms with Gasteiger partial charge in [0.1, 0.15) is 0 Å². The standard InChI is InChI=1S/C13H12FNO/c1-2-15-8-4-6-11-9-10-5-3-7-12(14)13(10)16-11/h3,5,7,9,15H,2,8H2,1H3. The Morgan fingerprint density at radius 1 is 1.44 bits per heavy atom. The van der Waals surface area contributed by atoms with Crippen LogP contribution in [-0.2, 0) is 0 Å². The molecule has 0 fully saturated rings. The molecule has 0 spiro atoms. The van der Waals surface area contributed by atoms with E-state index in [0.717, 1.165) is 11.9 Å². The van der Waals surface area contributed by atoms with Gasteiger partial charge >= 0.3 is 0 Å². The van der Waals surface area contributed by atoms with Gasteiger partial charge in [0.05, 0.1) is 6.54 Å². The third kappa shape index (κ3) is 2.23. The molecule has 1 aromatic heterocycles. The molecule has 1 N–H and O–H groups in total. The van der Waals surface area contributed by atoms with Gasteiger partial charge in [-0.05, 0) is 18.5 Å². The first-order valence-electron chi connectivity index (χ1n) is 5.19. The lowest BCUT2D eigenvalue weighted by molar-refractivity contribution is 0.552. The van der Waals surface area contributed by atoms with Crippen LogP contribution in [0.5, 0.6) is 0 Å². The molecule has 0 saturated heterocycles. The largest absolute Gasteiger partial charge is 0.445 e. The van der Waals surface area contributed by atoms with Gasteiger partial charge in [-0.15, -0.1) is 0 Å². The Labute approximate surface area is 93.4 Å². The molecule has 2 nitrogen and oxygen atoms in total. The molecule has 3 heteroatoms. The third-order valence-electron chi connectivity index (χ3n) is 2.17. The van der Waals surface area contributed by atoms with Crippen molar-refractivity contribution in [2.24, 2.45) is 0 Å². The summed E-state index contributed by atoms with van der Waals surface area (Å²) in [5.41, 5.74) is 0.273. The number of hydrogen-bond donors (Lipinski definition) is 1. The van der Waals surface area contributed by atoms with Crippen molar-refractivity contribution in [1.82, 2.24) is 5.32 Å². The molecular formula is C13H12FNO. The fourth-order valence-electron chi connectivity index (χ4n) is 1.41. The molecule has 0 amide bonds. The van der Waals surface area contributed by atoms with Gasteiger partial charge in [0, 0.05) is 11.5 Å². The van der Waals surface area contributed by atoms with Crippen LogP contribution in [0.4, 0.5) is 4.39 Å². The Bertz CT molecular complexity index is 548. The van der Waals surface area contributed by atoms with Crippen LogP contribution < -0.4 is 5.32 Å². The minimum atomic E-state index is -0.350. The van der Waals surface area contributed by atoms with Crippen LogP contribution in [0.2, 0.25) is 0 Å². The van der Waals surface area contributed by atoms with Crippen LogP contribution in [0.15, 0.2) is 28.7 Å². The maximum absolute atomic E-state index is 13.3. The molecule has 1 heterocycles. The van der Waals surface area contributed by atoms with Crippen molar-refractivity contribution in [3.63, 3.8) is 0 Å². The number of fused-ring (bicyclic) bond motifs is 1. The summed E-state index contributed by atoms with van der Waals surface area (Å²) in [6, 6.07) is 6.58. The van der Waals surface area contributed by atoms with Crippen LogP contribution in [0, 0.1) is 17.7 Å². The summed E-state index contributed by atoms with van der Waals surface area (Å²) in [6.45, 7) is 3.50. The summed E-state index contributed by atoms with van der Waals surface area (Å²) >= 11 is 0. The number of para-hydroxylation sites is 1. The quantitative estimate of drug-likeness (QED) is 0.617. The first-order valence-corrected chi connectivity index (χ1v) is 5.19. The molecule has 0 aliphatic carbocycles. The summed E-state index contributed by atoms with van der Waals surface area (Å²) < 4.78 is 18.6. The van der Waals surface area contributed by atoms with Crippen molar-refractivity contribution >= 4 is 11.0 Å². The molecule has 1 aromatic carbocycles. The van der Waals surface area contributed by atoms with E-state index in [2.05, 4.69) is 17.2 Å². The third-order valence-corrected chi connectivity index (χ3v) is 2.17. The lowest BCUT2D eigenvalue weighted by Gasteiger charge is -1.88. The summed E-state index contributed by atoms with van der Waals surface area (Å²) in [5, 5.41) is 3.82. The van der Waals surface area contributed by atoms with Gasteiger partial charge in [0.15, 0.2) is 17.2 Å². The molecule has 0 radical (unpaired) electrons. The minimum absolute atomic E-state index is 0.273. The Balaban J connectivity index is 2.25. The first kappa shape index (κ1) is 10.7. The summed E-state index contributed by atoms with van der Waals surface area (Å²) in [6.07, 6.45) is 0. The monoisotopic (exact) mass is 217 g/mol. The topological polar surface area (TPSA) is 25.2 Å². The van der Waals surface area contributed by atoms with Crippen LogP contribution in [0.1, 0.15) is 12.7 Å². The Morgan fingerprint density at radius 2 is 2.31 bits per heavy atom. The van der Waals surface area contributed by atoms with Crippen LogP contribution >= 0.6 is 0 Å². The molecule has 2 aromatic rings. The highest BCUT2D eigenvalue weighted by atomic mass is 19.1. The average molecular weight is 217 g/mol. The van der Waals surface area contributed by atoms with E-state index in [9.17, 15) is 4.39 Å². The van der Waals surface area contributed by atoms with E-state index in [-0.39, 0.29) is 11.4 Å². The fraction of sp³-hybridized carbons (Fsp3) is 0.231. The van der Waals surface area contributed by atoms with Crippen molar-refractivity contribution in [3.8, 4) is 11.8 Å². The van der Waals surface area contributed by atoms with Crippen LogP contribution in [-0.4, -0.2) is 13.1 Å². The van der Waals surface area contributed by atoms with Gasteiger partial charge in [-0.25, -0.2) is 4.39 Å². The maximum Gasteiger partial charge on any atom is 0.178 e. The minimum Gasteiger partial charge on any atom is -0.445 e. The van der Waals surface area contributed by atoms with E-state index in [1.54, 1.807) is 18.2 Å². The van der Waals surface area contributed by atoms with Crippen molar-refractivity contribution in [2.75, 3.05) is 13.1 Å². The van der Waals surface area contributed by atoms with Crippen molar-refractivity contribution < 1.29 is 8.81 Å². The predicted octanol–water partition coefficient (Wildman–Crippen LogP) is 2.53. The van der Waals surface area contributed by atoms with Gasteiger partial charge in [-0.3, -0.25) is 0 Å². The lowest BCUT2D eigenvalue weighted by Crippen LogP contribution is -2.11. The van der Waals surface area contributed by atoms with Gasteiger partial charge < -0.3 is 9.73 Å². The summed E-state index contributed by atoms with van der Waals surface area (Å²) in [4.78, 5) is 0. The Morgan fingerprint density at radius 3 is 3.06 bits per heavy atom. The Kier molecular flexibility index (Phi) is 3.23. The van der Waals surface area contributed by atoms with Gasteiger partial charge in [-0.1, -0.05) is 25.0 Å². The average Bonchev–Trinajstić information content (AvgIpc) is 2.69. The molecule has 0 bridgehead atoms. The van der Waals surface area contributed by atoms with E-state index in [4.69, 9.17) is 4.42 Å². The van der Waals surface area contributed by atoms with Crippen LogP contribution in [0.25, 0.3) is 11.0 Å². The molecule has 16 heavy (non-hydrogen) atoms. The van der Waals surface area contributed by atoms with E-state index >= 15 is 0 Å². The second kappa shape index (κ2) is 4.82. The molecular weight excluding hydrogens is 205 g/mol. The Hall–Kier alpha value is -1.79. The molecule has 0 saturated carbocycles. The number of hydrogen-bond acceptors (Lipinski definition) is 2. The molecule has 2 rings (SSSR count). The fourth-order valence-corrected chi connectivity index (χ4v) is 1.41. The maximum atomic E-state index is 13.3. The lowest BCUT2D eigenvalue weighted by atomic mass is 10.2. The van der Waals surface area contributed by atoms with Crippen molar-refractivity contribution in [2.45, 2.75) is 6.92 Å². The first-order chi connectivity index (χ1) is 7.81. The highest BCUT2D eigenvalue weighted by Crippen LogP contribution is 2.21.